The average molecular weight is 927 g/mol. The fourth-order valence-electron chi connectivity index (χ4n) is 5.01. The maximum atomic E-state index is 10.8. The third-order valence-corrected chi connectivity index (χ3v) is 8.38. The zero-order valence-corrected chi connectivity index (χ0v) is 37.5. The molecule has 0 atom stereocenters. The van der Waals surface area contributed by atoms with E-state index < -0.39 is 0 Å². The number of benzene rings is 5. The first-order chi connectivity index (χ1) is 28.8. The van der Waals surface area contributed by atoms with Crippen molar-refractivity contribution in [1.82, 2.24) is 0 Å². The van der Waals surface area contributed by atoms with E-state index >= 15 is 0 Å². The number of phenolic OH excluding ortho intramolecular Hbond substituents is 1. The topological polar surface area (TPSA) is 130 Å². The SMILES string of the molecule is CC(=O)OCCc1cc(O)cc(Cl)c1.COc1ccc(COc2cc(Cl)cc(CCO)c2)cc1.COc1ccc(COc2cc(Cl)cc(CCOC(C)=O)c2)cc1.ClCCl. The Bertz CT molecular complexity index is 1990. The zero-order chi connectivity index (χ0) is 44.3. The van der Waals surface area contributed by atoms with Gasteiger partial charge in [0.05, 0.1) is 32.8 Å². The molecule has 0 saturated carbocycles. The van der Waals surface area contributed by atoms with Crippen LogP contribution >= 0.6 is 58.0 Å². The maximum absolute atomic E-state index is 10.8. The zero-order valence-electron chi connectivity index (χ0n) is 33.7. The van der Waals surface area contributed by atoms with Crippen LogP contribution in [0.2, 0.25) is 15.1 Å². The minimum atomic E-state index is -0.309. The second kappa shape index (κ2) is 29.6. The summed E-state index contributed by atoms with van der Waals surface area (Å²) in [6, 6.07) is 31.2. The van der Waals surface area contributed by atoms with Gasteiger partial charge in [0.2, 0.25) is 0 Å². The lowest BCUT2D eigenvalue weighted by atomic mass is 10.1. The molecule has 0 aliphatic heterocycles. The van der Waals surface area contributed by atoms with Gasteiger partial charge in [0.15, 0.2) is 0 Å². The van der Waals surface area contributed by atoms with Crippen LogP contribution in [0.5, 0.6) is 28.7 Å². The Morgan fingerprint density at radius 2 is 0.883 bits per heavy atom. The van der Waals surface area contributed by atoms with Crippen molar-refractivity contribution in [2.75, 3.05) is 39.4 Å². The highest BCUT2D eigenvalue weighted by molar-refractivity contribution is 6.40. The number of phenols is 1. The summed E-state index contributed by atoms with van der Waals surface area (Å²) in [4.78, 5) is 21.3. The Labute approximate surface area is 376 Å². The summed E-state index contributed by atoms with van der Waals surface area (Å²) in [5, 5.41) is 20.0. The Morgan fingerprint density at radius 3 is 1.23 bits per heavy atom. The molecule has 0 fully saturated rings. The number of alkyl halides is 2. The number of methoxy groups -OCH3 is 2. The number of halogens is 5. The minimum Gasteiger partial charge on any atom is -0.508 e. The highest BCUT2D eigenvalue weighted by Gasteiger charge is 2.05. The normalized spacial score (nSPS) is 9.97. The summed E-state index contributed by atoms with van der Waals surface area (Å²) >= 11 is 27.4. The molecule has 0 aliphatic rings. The van der Waals surface area contributed by atoms with E-state index in [9.17, 15) is 14.7 Å². The van der Waals surface area contributed by atoms with Gasteiger partial charge in [-0.15, -0.1) is 23.2 Å². The molecule has 0 unspecified atom stereocenters. The van der Waals surface area contributed by atoms with Crippen LogP contribution in [0.25, 0.3) is 0 Å². The molecule has 0 aliphatic carbocycles. The number of esters is 2. The molecule has 0 amide bonds. The lowest BCUT2D eigenvalue weighted by molar-refractivity contribution is -0.141. The van der Waals surface area contributed by atoms with Crippen LogP contribution in [0.15, 0.2) is 103 Å². The van der Waals surface area contributed by atoms with Crippen molar-refractivity contribution in [2.45, 2.75) is 46.3 Å². The molecule has 15 heteroatoms. The predicted molar refractivity (Wildman–Crippen MR) is 239 cm³/mol. The van der Waals surface area contributed by atoms with Crippen LogP contribution in [0.3, 0.4) is 0 Å². The molecule has 0 aromatic heterocycles. The highest BCUT2D eigenvalue weighted by Crippen LogP contribution is 2.25. The number of rotatable bonds is 16. The molecular formula is C45H49Cl5O10. The van der Waals surface area contributed by atoms with Gasteiger partial charge in [0.25, 0.3) is 0 Å². The Morgan fingerprint density at radius 1 is 0.517 bits per heavy atom. The molecule has 324 valence electrons. The maximum Gasteiger partial charge on any atom is 0.302 e. The van der Waals surface area contributed by atoms with E-state index in [1.165, 1.54) is 19.9 Å². The van der Waals surface area contributed by atoms with Gasteiger partial charge >= 0.3 is 11.9 Å². The molecular weight excluding hydrogens is 878 g/mol. The van der Waals surface area contributed by atoms with Crippen molar-refractivity contribution < 1.29 is 48.2 Å². The summed E-state index contributed by atoms with van der Waals surface area (Å²) in [6.07, 6.45) is 1.71. The van der Waals surface area contributed by atoms with Gasteiger partial charge in [0, 0.05) is 48.4 Å². The Kier molecular flexibility index (Phi) is 25.5. The van der Waals surface area contributed by atoms with E-state index in [2.05, 4.69) is 0 Å². The van der Waals surface area contributed by atoms with Crippen molar-refractivity contribution in [3.05, 3.63) is 146 Å². The number of carbonyl (C=O) groups excluding carboxylic acids is 2. The highest BCUT2D eigenvalue weighted by atomic mass is 35.5. The van der Waals surface area contributed by atoms with Gasteiger partial charge in [-0.3, -0.25) is 9.59 Å². The first-order valence-electron chi connectivity index (χ1n) is 18.4. The van der Waals surface area contributed by atoms with Crippen molar-refractivity contribution in [2.24, 2.45) is 0 Å². The molecule has 0 saturated heterocycles. The van der Waals surface area contributed by atoms with E-state index in [0.717, 1.165) is 39.3 Å². The lowest BCUT2D eigenvalue weighted by Crippen LogP contribution is -2.03. The quantitative estimate of drug-likeness (QED) is 0.0729. The van der Waals surface area contributed by atoms with Gasteiger partial charge < -0.3 is 38.6 Å². The van der Waals surface area contributed by atoms with Crippen molar-refractivity contribution in [3.8, 4) is 28.7 Å². The van der Waals surface area contributed by atoms with Crippen molar-refractivity contribution in [1.29, 1.82) is 0 Å². The van der Waals surface area contributed by atoms with Gasteiger partial charge in [-0.2, -0.15) is 0 Å². The second-order valence-electron chi connectivity index (χ2n) is 12.4. The number of aromatic hydroxyl groups is 1. The Balaban J connectivity index is 0.000000308. The first-order valence-corrected chi connectivity index (χ1v) is 20.6. The van der Waals surface area contributed by atoms with E-state index in [1.54, 1.807) is 38.5 Å². The molecule has 5 aromatic rings. The predicted octanol–water partition coefficient (Wildman–Crippen LogP) is 11.1. The third kappa shape index (κ3) is 22.7. The monoisotopic (exact) mass is 924 g/mol. The lowest BCUT2D eigenvalue weighted by Gasteiger charge is -2.10. The van der Waals surface area contributed by atoms with Crippen LogP contribution in [0.1, 0.15) is 41.7 Å². The van der Waals surface area contributed by atoms with E-state index in [4.69, 9.17) is 91.5 Å². The van der Waals surface area contributed by atoms with Crippen molar-refractivity contribution >= 4 is 69.9 Å². The first kappa shape index (κ1) is 51.6. The van der Waals surface area contributed by atoms with Crippen molar-refractivity contribution in [3.63, 3.8) is 0 Å². The van der Waals surface area contributed by atoms with Crippen LogP contribution in [0.4, 0.5) is 0 Å². The van der Waals surface area contributed by atoms with Gasteiger partial charge in [-0.05, 0) is 113 Å². The number of hydrogen-bond acceptors (Lipinski definition) is 10. The third-order valence-electron chi connectivity index (χ3n) is 7.73. The Hall–Kier alpha value is -4.55. The fourth-order valence-corrected chi connectivity index (χ4v) is 5.75. The number of aliphatic hydroxyl groups is 1. The molecule has 2 N–H and O–H groups in total. The van der Waals surface area contributed by atoms with E-state index in [-0.39, 0.29) is 29.6 Å². The molecule has 0 bridgehead atoms. The van der Waals surface area contributed by atoms with E-state index in [0.29, 0.717) is 72.3 Å². The van der Waals surface area contributed by atoms with Gasteiger partial charge in [0.1, 0.15) is 42.0 Å². The number of carbonyl (C=O) groups is 2. The average Bonchev–Trinajstić information content (AvgIpc) is 3.20. The molecule has 10 nitrogen and oxygen atoms in total. The smallest absolute Gasteiger partial charge is 0.302 e. The molecule has 0 heterocycles. The fraction of sp³-hybridized carbons (Fsp3) is 0.289. The summed E-state index contributed by atoms with van der Waals surface area (Å²) < 4.78 is 31.4. The van der Waals surface area contributed by atoms with Gasteiger partial charge in [-0.1, -0.05) is 59.1 Å². The molecule has 0 radical (unpaired) electrons. The number of ether oxygens (including phenoxy) is 6. The standard InChI is InChI=1S/C18H19ClO4.C16H17ClO3.C10H11ClO3.CH2Cl2/c1-13(20)22-8-7-15-9-16(19)11-18(10-15)23-12-14-3-5-17(21-2)6-4-14;1-19-15-4-2-12(3-5-15)11-20-16-9-13(6-7-18)8-14(17)10-16;1-7(12)14-3-2-8-4-9(11)6-10(13)5-8;2-1-3/h3-6,9-11H,7-8,12H2,1-2H3;2-5,8-10,18H,6-7,11H2,1H3;4-6,13H,2-3H2,1H3;1H2. The summed E-state index contributed by atoms with van der Waals surface area (Å²) in [6.45, 7) is 4.37. The van der Waals surface area contributed by atoms with Gasteiger partial charge in [-0.25, -0.2) is 0 Å². The second-order valence-corrected chi connectivity index (χ2v) is 14.6. The summed E-state index contributed by atoms with van der Waals surface area (Å²) in [5.41, 5.74) is 4.85. The molecule has 5 aromatic carbocycles. The number of aliphatic hydroxyl groups excluding tert-OH is 1. The molecule has 5 rings (SSSR count). The summed E-state index contributed by atoms with van der Waals surface area (Å²) in [7, 11) is 3.27. The number of hydrogen-bond donors (Lipinski definition) is 2. The minimum absolute atomic E-state index is 0.0955. The largest absolute Gasteiger partial charge is 0.508 e. The molecule has 60 heavy (non-hydrogen) atoms. The van der Waals surface area contributed by atoms with Crippen LogP contribution in [0, 0.1) is 0 Å². The summed E-state index contributed by atoms with van der Waals surface area (Å²) in [5.74, 6) is 2.54. The van der Waals surface area contributed by atoms with Crippen LogP contribution < -0.4 is 18.9 Å². The van der Waals surface area contributed by atoms with Crippen LogP contribution in [-0.2, 0) is 51.5 Å². The molecule has 0 spiro atoms. The van der Waals surface area contributed by atoms with Crippen LogP contribution in [-0.4, -0.2) is 61.5 Å². The van der Waals surface area contributed by atoms with E-state index in [1.807, 2.05) is 72.8 Å².